The molecule has 0 fully saturated rings. The van der Waals surface area contributed by atoms with Crippen molar-refractivity contribution in [3.63, 3.8) is 0 Å². The van der Waals surface area contributed by atoms with Crippen molar-refractivity contribution in [1.82, 2.24) is 9.97 Å². The molecular weight excluding hydrogens is 294 g/mol. The molecule has 0 aliphatic carbocycles. The fraction of sp³-hybridized carbons (Fsp3) is 0.190. The van der Waals surface area contributed by atoms with Gasteiger partial charge in [-0.15, -0.1) is 0 Å². The van der Waals surface area contributed by atoms with Gasteiger partial charge in [-0.1, -0.05) is 42.5 Å². The number of hydrogen-bond donors (Lipinski definition) is 2. The van der Waals surface area contributed by atoms with Crippen LogP contribution in [0.1, 0.15) is 18.4 Å². The molecular formula is C21H21N3. The first kappa shape index (κ1) is 14.9. The summed E-state index contributed by atoms with van der Waals surface area (Å²) in [7, 11) is 0. The number of para-hydroxylation sites is 2. The smallest absolute Gasteiger partial charge is 0.0795 e. The van der Waals surface area contributed by atoms with E-state index in [1.54, 1.807) is 0 Å². The highest BCUT2D eigenvalue weighted by atomic mass is 14.7. The zero-order valence-electron chi connectivity index (χ0n) is 13.6. The molecule has 0 aliphatic rings. The van der Waals surface area contributed by atoms with Crippen molar-refractivity contribution in [2.45, 2.75) is 19.3 Å². The molecule has 120 valence electrons. The number of benzene rings is 2. The lowest BCUT2D eigenvalue weighted by Crippen LogP contribution is -1.99. The number of fused-ring (bicyclic) bond motifs is 2. The fourth-order valence-corrected chi connectivity index (χ4v) is 3.44. The number of nitrogens with one attached hydrogen (secondary N) is 1. The normalized spacial score (nSPS) is 11.4. The summed E-state index contributed by atoms with van der Waals surface area (Å²) in [4.78, 5) is 8.25. The van der Waals surface area contributed by atoms with Crippen LogP contribution in [0.25, 0.3) is 33.1 Å². The van der Waals surface area contributed by atoms with E-state index < -0.39 is 0 Å². The predicted molar refractivity (Wildman–Crippen MR) is 101 cm³/mol. The first-order chi connectivity index (χ1) is 11.9. The second-order valence-corrected chi connectivity index (χ2v) is 6.15. The van der Waals surface area contributed by atoms with Gasteiger partial charge < -0.3 is 10.7 Å². The highest BCUT2D eigenvalue weighted by Gasteiger charge is 2.15. The molecule has 0 radical (unpaired) electrons. The molecule has 0 unspecified atom stereocenters. The van der Waals surface area contributed by atoms with E-state index in [1.165, 1.54) is 33.1 Å². The summed E-state index contributed by atoms with van der Waals surface area (Å²) < 4.78 is 0. The molecule has 0 amide bonds. The zero-order valence-corrected chi connectivity index (χ0v) is 13.6. The Hall–Kier alpha value is -2.65. The lowest BCUT2D eigenvalue weighted by atomic mass is 9.98. The average molecular weight is 315 g/mol. The molecule has 4 aromatic rings. The van der Waals surface area contributed by atoms with Gasteiger partial charge in [0.25, 0.3) is 0 Å². The maximum Gasteiger partial charge on any atom is 0.0795 e. The van der Waals surface area contributed by atoms with E-state index >= 15 is 0 Å². The minimum Gasteiger partial charge on any atom is -0.354 e. The summed E-state index contributed by atoms with van der Waals surface area (Å²) in [6.45, 7) is 0.744. The van der Waals surface area contributed by atoms with Crippen LogP contribution < -0.4 is 5.73 Å². The first-order valence-corrected chi connectivity index (χ1v) is 8.52. The summed E-state index contributed by atoms with van der Waals surface area (Å²) in [6, 6.07) is 19.0. The van der Waals surface area contributed by atoms with Crippen LogP contribution in [0.3, 0.4) is 0 Å². The Labute approximate surface area is 141 Å². The number of unbranched alkanes of at least 4 members (excludes halogenated alkanes) is 1. The van der Waals surface area contributed by atoms with Crippen LogP contribution >= 0.6 is 0 Å². The molecule has 0 bridgehead atoms. The molecule has 0 saturated heterocycles. The molecule has 0 aliphatic heterocycles. The molecule has 4 rings (SSSR count). The minimum atomic E-state index is 0.744. The van der Waals surface area contributed by atoms with Crippen LogP contribution in [-0.2, 0) is 6.42 Å². The summed E-state index contributed by atoms with van der Waals surface area (Å²) >= 11 is 0. The van der Waals surface area contributed by atoms with Crippen LogP contribution in [0, 0.1) is 0 Å². The van der Waals surface area contributed by atoms with Gasteiger partial charge in [-0.25, -0.2) is 0 Å². The number of nitrogens with zero attached hydrogens (tertiary/aromatic N) is 1. The van der Waals surface area contributed by atoms with Gasteiger partial charge in [-0.3, -0.25) is 4.98 Å². The summed E-state index contributed by atoms with van der Waals surface area (Å²) in [5, 5.41) is 2.47. The number of aromatic nitrogens is 2. The van der Waals surface area contributed by atoms with E-state index in [0.717, 1.165) is 31.3 Å². The Morgan fingerprint density at radius 2 is 1.79 bits per heavy atom. The molecule has 0 spiro atoms. The number of nitrogens with two attached hydrogens (primary N) is 1. The van der Waals surface area contributed by atoms with Crippen LogP contribution in [0.2, 0.25) is 0 Å². The quantitative estimate of drug-likeness (QED) is 0.526. The van der Waals surface area contributed by atoms with Gasteiger partial charge in [0.1, 0.15) is 0 Å². The van der Waals surface area contributed by atoms with Crippen molar-refractivity contribution in [2.75, 3.05) is 6.54 Å². The number of pyridine rings is 1. The number of H-pyrrole nitrogens is 1. The van der Waals surface area contributed by atoms with E-state index in [1.807, 2.05) is 12.3 Å². The Bertz CT molecular complexity index is 979. The number of rotatable bonds is 5. The van der Waals surface area contributed by atoms with Crippen molar-refractivity contribution >= 4 is 21.8 Å². The van der Waals surface area contributed by atoms with Crippen molar-refractivity contribution in [3.05, 3.63) is 66.4 Å². The summed E-state index contributed by atoms with van der Waals surface area (Å²) in [5.74, 6) is 0. The first-order valence-electron chi connectivity index (χ1n) is 8.52. The topological polar surface area (TPSA) is 54.7 Å². The van der Waals surface area contributed by atoms with Gasteiger partial charge in [0.15, 0.2) is 0 Å². The van der Waals surface area contributed by atoms with E-state index in [9.17, 15) is 0 Å². The van der Waals surface area contributed by atoms with Crippen molar-refractivity contribution in [1.29, 1.82) is 0 Å². The van der Waals surface area contributed by atoms with E-state index in [-0.39, 0.29) is 0 Å². The van der Waals surface area contributed by atoms with Gasteiger partial charge in [-0.2, -0.15) is 0 Å². The third-order valence-corrected chi connectivity index (χ3v) is 4.60. The Balaban J connectivity index is 1.93. The van der Waals surface area contributed by atoms with Gasteiger partial charge in [-0.05, 0) is 43.5 Å². The summed E-state index contributed by atoms with van der Waals surface area (Å²) in [5.41, 5.74) is 11.7. The number of aromatic amines is 1. The van der Waals surface area contributed by atoms with Crippen LogP contribution in [0.15, 0.2) is 60.8 Å². The molecule has 2 aromatic heterocycles. The van der Waals surface area contributed by atoms with Gasteiger partial charge in [0, 0.05) is 28.0 Å². The lowest BCUT2D eigenvalue weighted by molar-refractivity contribution is 0.748. The SMILES string of the molecule is NCCCCc1c(-c2cccc3cccnc23)[nH]c2ccccc12. The van der Waals surface area contributed by atoms with Gasteiger partial charge >= 0.3 is 0 Å². The van der Waals surface area contributed by atoms with E-state index in [4.69, 9.17) is 5.73 Å². The second kappa shape index (κ2) is 6.46. The van der Waals surface area contributed by atoms with Crippen LogP contribution in [0.5, 0.6) is 0 Å². The highest BCUT2D eigenvalue weighted by molar-refractivity contribution is 5.98. The fourth-order valence-electron chi connectivity index (χ4n) is 3.44. The standard InChI is InChI=1S/C21H21N3/c22-13-4-3-10-17-16-9-1-2-12-19(16)24-21(17)18-11-5-7-15-8-6-14-23-20(15)18/h1-2,5-9,11-12,14,24H,3-4,10,13,22H2. The largest absolute Gasteiger partial charge is 0.354 e. The molecule has 0 atom stereocenters. The van der Waals surface area contributed by atoms with Crippen LogP contribution in [0.4, 0.5) is 0 Å². The maximum atomic E-state index is 5.69. The number of hydrogen-bond acceptors (Lipinski definition) is 2. The second-order valence-electron chi connectivity index (χ2n) is 6.15. The molecule has 2 aromatic carbocycles. The monoisotopic (exact) mass is 315 g/mol. The molecule has 3 N–H and O–H groups in total. The Morgan fingerprint density at radius 1 is 0.917 bits per heavy atom. The third-order valence-electron chi connectivity index (χ3n) is 4.60. The van der Waals surface area contributed by atoms with Crippen molar-refractivity contribution in [2.24, 2.45) is 5.73 Å². The van der Waals surface area contributed by atoms with Crippen LogP contribution in [-0.4, -0.2) is 16.5 Å². The predicted octanol–water partition coefficient (Wildman–Crippen LogP) is 4.66. The molecule has 2 heterocycles. The third kappa shape index (κ3) is 2.57. The van der Waals surface area contributed by atoms with Gasteiger partial charge in [0.05, 0.1) is 11.2 Å². The number of aryl methyl sites for hydroxylation is 1. The molecule has 0 saturated carbocycles. The Morgan fingerprint density at radius 3 is 2.71 bits per heavy atom. The molecule has 3 heteroatoms. The summed E-state index contributed by atoms with van der Waals surface area (Å²) in [6.07, 6.45) is 5.04. The maximum absolute atomic E-state index is 5.69. The minimum absolute atomic E-state index is 0.744. The highest BCUT2D eigenvalue weighted by Crippen LogP contribution is 2.34. The lowest BCUT2D eigenvalue weighted by Gasteiger charge is -2.08. The zero-order chi connectivity index (χ0) is 16.4. The molecule has 3 nitrogen and oxygen atoms in total. The van der Waals surface area contributed by atoms with Crippen molar-refractivity contribution in [3.8, 4) is 11.3 Å². The van der Waals surface area contributed by atoms with Gasteiger partial charge in [0.2, 0.25) is 0 Å². The van der Waals surface area contributed by atoms with E-state index in [0.29, 0.717) is 0 Å². The Kier molecular flexibility index (Phi) is 4.01. The molecule has 24 heavy (non-hydrogen) atoms. The van der Waals surface area contributed by atoms with Crippen molar-refractivity contribution < 1.29 is 0 Å². The van der Waals surface area contributed by atoms with E-state index in [2.05, 4.69) is 58.5 Å². The average Bonchev–Trinajstić information content (AvgIpc) is 3.00.